The van der Waals surface area contributed by atoms with Gasteiger partial charge in [-0.1, -0.05) is 36.4 Å². The fraction of sp³-hybridized carbons (Fsp3) is 0.409. The molecule has 0 bridgehead atoms. The van der Waals surface area contributed by atoms with Gasteiger partial charge in [-0.3, -0.25) is 9.20 Å². The average molecular weight is 562 g/mol. The van der Waals surface area contributed by atoms with Crippen LogP contribution >= 0.6 is 24.0 Å². The number of nitrogens with zero attached hydrogens (tertiary/aromatic N) is 2. The van der Waals surface area contributed by atoms with Gasteiger partial charge in [-0.2, -0.15) is 0 Å². The molecule has 2 N–H and O–H groups in total. The predicted molar refractivity (Wildman–Crippen MR) is 135 cm³/mol. The molecule has 3 rings (SSSR count). The Morgan fingerprint density at radius 1 is 1.16 bits per heavy atom. The van der Waals surface area contributed by atoms with E-state index in [2.05, 4.69) is 15.6 Å². The molecule has 0 saturated carbocycles. The van der Waals surface area contributed by atoms with Crippen LogP contribution in [0.4, 0.5) is 14.5 Å². The summed E-state index contributed by atoms with van der Waals surface area (Å²) < 4.78 is 40.4. The lowest BCUT2D eigenvalue weighted by atomic mass is 10.2. The number of rotatable bonds is 8. The van der Waals surface area contributed by atoms with Gasteiger partial charge in [0.15, 0.2) is 5.96 Å². The lowest BCUT2D eigenvalue weighted by Gasteiger charge is -2.21. The van der Waals surface area contributed by atoms with Crippen molar-refractivity contribution in [3.05, 3.63) is 65.7 Å². The van der Waals surface area contributed by atoms with E-state index in [0.29, 0.717) is 43.6 Å². The fourth-order valence-electron chi connectivity index (χ4n) is 3.48. The number of halogens is 3. The van der Waals surface area contributed by atoms with E-state index in [0.717, 1.165) is 12.0 Å². The summed E-state index contributed by atoms with van der Waals surface area (Å²) in [6, 6.07) is 13.7. The van der Waals surface area contributed by atoms with Crippen LogP contribution < -0.4 is 15.5 Å². The predicted octanol–water partition coefficient (Wildman–Crippen LogP) is 3.67. The van der Waals surface area contributed by atoms with Crippen LogP contribution in [0.2, 0.25) is 0 Å². The van der Waals surface area contributed by atoms with Gasteiger partial charge in [0.1, 0.15) is 17.3 Å². The van der Waals surface area contributed by atoms with Gasteiger partial charge in [0.2, 0.25) is 0 Å². The third-order valence-corrected chi connectivity index (χ3v) is 6.18. The number of para-hydroxylation sites is 1. The van der Waals surface area contributed by atoms with E-state index in [-0.39, 0.29) is 35.7 Å². The van der Waals surface area contributed by atoms with Gasteiger partial charge in [-0.25, -0.2) is 8.78 Å². The highest BCUT2D eigenvalue weighted by Crippen LogP contribution is 2.26. The molecule has 1 aliphatic rings. The second-order valence-electron chi connectivity index (χ2n) is 7.18. The number of nitrogens with one attached hydrogen (secondary N) is 2. The molecule has 5 nitrogen and oxygen atoms in total. The maximum atomic E-state index is 14.0. The SMILES string of the molecule is CCNC(=NCCS(=O)Cc1ccccc1)NC1CCN(c2c(F)cccc2F)C1.I. The van der Waals surface area contributed by atoms with E-state index in [1.165, 1.54) is 18.2 Å². The van der Waals surface area contributed by atoms with Gasteiger partial charge >= 0.3 is 0 Å². The van der Waals surface area contributed by atoms with Crippen molar-refractivity contribution in [3.8, 4) is 0 Å². The Labute approximate surface area is 202 Å². The van der Waals surface area contributed by atoms with Crippen LogP contribution in [0.15, 0.2) is 53.5 Å². The quantitative estimate of drug-likeness (QED) is 0.293. The van der Waals surface area contributed by atoms with E-state index >= 15 is 0 Å². The van der Waals surface area contributed by atoms with Crippen molar-refractivity contribution < 1.29 is 13.0 Å². The van der Waals surface area contributed by atoms with E-state index in [1.54, 1.807) is 4.90 Å². The van der Waals surface area contributed by atoms with Crippen molar-refractivity contribution in [2.24, 2.45) is 4.99 Å². The standard InChI is InChI=1S/C22H28F2N4OS.HI/c1-2-25-22(26-12-14-30(29)16-17-7-4-3-5-8-17)27-18-11-13-28(15-18)21-19(23)9-6-10-20(21)24;/h3-10,18H,2,11-16H2,1H3,(H2,25,26,27);1H. The van der Waals surface area contributed by atoms with Crippen molar-refractivity contribution in [3.63, 3.8) is 0 Å². The zero-order valence-corrected chi connectivity index (χ0v) is 20.7. The number of anilines is 1. The lowest BCUT2D eigenvalue weighted by molar-refractivity contribution is 0.576. The summed E-state index contributed by atoms with van der Waals surface area (Å²) >= 11 is 0. The molecule has 1 fully saturated rings. The maximum Gasteiger partial charge on any atom is 0.191 e. The molecule has 2 atom stereocenters. The Kier molecular flexibility index (Phi) is 10.7. The molecule has 2 aromatic rings. The maximum absolute atomic E-state index is 14.0. The molecule has 0 aromatic heterocycles. The third-order valence-electron chi connectivity index (χ3n) is 4.89. The average Bonchev–Trinajstić information content (AvgIpc) is 3.16. The Hall–Kier alpha value is -1.75. The highest BCUT2D eigenvalue weighted by Gasteiger charge is 2.27. The number of hydrogen-bond acceptors (Lipinski definition) is 3. The molecule has 0 aliphatic carbocycles. The van der Waals surface area contributed by atoms with Crippen molar-refractivity contribution >= 4 is 46.4 Å². The van der Waals surface area contributed by atoms with Gasteiger partial charge in [0.25, 0.3) is 0 Å². The zero-order valence-electron chi connectivity index (χ0n) is 17.5. The van der Waals surface area contributed by atoms with Crippen molar-refractivity contribution in [1.29, 1.82) is 0 Å². The Morgan fingerprint density at radius 3 is 2.55 bits per heavy atom. The van der Waals surface area contributed by atoms with Crippen LogP contribution in [0.25, 0.3) is 0 Å². The minimum Gasteiger partial charge on any atom is -0.365 e. The molecule has 1 heterocycles. The molecule has 0 spiro atoms. The topological polar surface area (TPSA) is 56.7 Å². The van der Waals surface area contributed by atoms with Crippen LogP contribution in [0, 0.1) is 11.6 Å². The first-order chi connectivity index (χ1) is 14.6. The van der Waals surface area contributed by atoms with Crippen molar-refractivity contribution in [1.82, 2.24) is 10.6 Å². The number of benzene rings is 2. The van der Waals surface area contributed by atoms with Crippen molar-refractivity contribution in [2.45, 2.75) is 25.1 Å². The summed E-state index contributed by atoms with van der Waals surface area (Å²) in [4.78, 5) is 6.25. The van der Waals surface area contributed by atoms with Crippen LogP contribution in [0.3, 0.4) is 0 Å². The van der Waals surface area contributed by atoms with E-state index in [9.17, 15) is 13.0 Å². The molecule has 2 aromatic carbocycles. The largest absolute Gasteiger partial charge is 0.365 e. The summed E-state index contributed by atoms with van der Waals surface area (Å²) in [6.07, 6.45) is 0.748. The second-order valence-corrected chi connectivity index (χ2v) is 8.76. The highest BCUT2D eigenvalue weighted by molar-refractivity contribution is 14.0. The molecule has 31 heavy (non-hydrogen) atoms. The molecule has 2 unspecified atom stereocenters. The number of aliphatic imine (C=N–C) groups is 1. The van der Waals surface area contributed by atoms with Gasteiger partial charge in [0.05, 0.1) is 6.54 Å². The zero-order chi connectivity index (χ0) is 21.3. The Morgan fingerprint density at radius 2 is 1.87 bits per heavy atom. The third kappa shape index (κ3) is 7.71. The summed E-state index contributed by atoms with van der Waals surface area (Å²) in [5.41, 5.74) is 1.08. The lowest BCUT2D eigenvalue weighted by Crippen LogP contribution is -2.45. The monoisotopic (exact) mass is 562 g/mol. The van der Waals surface area contributed by atoms with Crippen LogP contribution in [0.5, 0.6) is 0 Å². The molecule has 0 amide bonds. The van der Waals surface area contributed by atoms with Gasteiger partial charge in [-0.05, 0) is 31.0 Å². The first kappa shape index (κ1) is 25.5. The highest BCUT2D eigenvalue weighted by atomic mass is 127. The number of hydrogen-bond donors (Lipinski definition) is 2. The first-order valence-electron chi connectivity index (χ1n) is 10.2. The van der Waals surface area contributed by atoms with E-state index < -0.39 is 22.4 Å². The summed E-state index contributed by atoms with van der Waals surface area (Å²) in [6.45, 7) is 4.16. The second kappa shape index (κ2) is 12.9. The molecule has 1 saturated heterocycles. The normalized spacial score (nSPS) is 17.2. The smallest absolute Gasteiger partial charge is 0.191 e. The van der Waals surface area contributed by atoms with E-state index in [1.807, 2.05) is 37.3 Å². The van der Waals surface area contributed by atoms with Crippen molar-refractivity contribution in [2.75, 3.05) is 36.8 Å². The Balaban J connectivity index is 0.00000341. The van der Waals surface area contributed by atoms with Crippen LogP contribution in [0.1, 0.15) is 18.9 Å². The van der Waals surface area contributed by atoms with Gasteiger partial charge < -0.3 is 15.5 Å². The Bertz CT molecular complexity index is 865. The van der Waals surface area contributed by atoms with Crippen LogP contribution in [-0.2, 0) is 16.6 Å². The molecular weight excluding hydrogens is 533 g/mol. The molecular formula is C22H29F2IN4OS. The minimum absolute atomic E-state index is 0. The summed E-state index contributed by atoms with van der Waals surface area (Å²) in [5, 5.41) is 6.52. The van der Waals surface area contributed by atoms with Gasteiger partial charge in [0, 0.05) is 48.0 Å². The molecule has 0 radical (unpaired) electrons. The number of guanidine groups is 1. The molecule has 9 heteroatoms. The molecule has 170 valence electrons. The molecule has 1 aliphatic heterocycles. The van der Waals surface area contributed by atoms with E-state index in [4.69, 9.17) is 0 Å². The van der Waals surface area contributed by atoms with Crippen LogP contribution in [-0.4, -0.2) is 48.1 Å². The first-order valence-corrected chi connectivity index (χ1v) is 11.7. The summed E-state index contributed by atoms with van der Waals surface area (Å²) in [5.74, 6) is 0.541. The van der Waals surface area contributed by atoms with Gasteiger partial charge in [-0.15, -0.1) is 24.0 Å². The summed E-state index contributed by atoms with van der Waals surface area (Å²) in [7, 11) is -0.985. The fourth-order valence-corrected chi connectivity index (χ4v) is 4.48. The minimum atomic E-state index is -0.985.